The van der Waals surface area contributed by atoms with Gasteiger partial charge in [-0.3, -0.25) is 14.5 Å². The van der Waals surface area contributed by atoms with Crippen LogP contribution >= 0.6 is 0 Å². The molecule has 238 valence electrons. The molecule has 0 unspecified atom stereocenters. The number of aliphatic hydroxyl groups excluding tert-OH is 1. The fraction of sp³-hybridized carbons (Fsp3) is 0.412. The van der Waals surface area contributed by atoms with Crippen molar-refractivity contribution < 1.29 is 37.3 Å². The lowest BCUT2D eigenvalue weighted by Crippen LogP contribution is -2.50. The topological polar surface area (TPSA) is 100 Å². The first-order valence-corrected chi connectivity index (χ1v) is 15.3. The number of alkyl halides is 3. The van der Waals surface area contributed by atoms with Gasteiger partial charge in [-0.25, -0.2) is 0 Å². The van der Waals surface area contributed by atoms with Gasteiger partial charge < -0.3 is 25.2 Å². The van der Waals surface area contributed by atoms with Crippen molar-refractivity contribution in [2.24, 2.45) is 0 Å². The molecule has 2 saturated heterocycles. The molecular weight excluding hydrogens is 587 g/mol. The van der Waals surface area contributed by atoms with Crippen molar-refractivity contribution in [3.05, 3.63) is 89.5 Å². The van der Waals surface area contributed by atoms with E-state index in [1.165, 1.54) is 12.1 Å². The Labute approximate surface area is 259 Å². The lowest BCUT2D eigenvalue weighted by atomic mass is 9.99. The van der Waals surface area contributed by atoms with Gasteiger partial charge >= 0.3 is 6.18 Å². The highest BCUT2D eigenvalue weighted by molar-refractivity contribution is 5.98. The zero-order chi connectivity index (χ0) is 31.6. The molecule has 2 fully saturated rings. The number of benzene rings is 3. The highest BCUT2D eigenvalue weighted by Crippen LogP contribution is 2.31. The third-order valence-electron chi connectivity index (χ3n) is 8.80. The lowest BCUT2D eigenvalue weighted by Gasteiger charge is -2.34. The Morgan fingerprint density at radius 3 is 2.47 bits per heavy atom. The average Bonchev–Trinajstić information content (AvgIpc) is 3.42. The Kier molecular flexibility index (Phi) is 9.11. The number of carbonyl (C=O) groups excluding carboxylic acids is 2. The molecule has 3 N–H and O–H groups in total. The molecule has 6 rings (SSSR count). The molecule has 2 amide bonds. The zero-order valence-electron chi connectivity index (χ0n) is 24.6. The fourth-order valence-corrected chi connectivity index (χ4v) is 6.36. The molecule has 0 radical (unpaired) electrons. The van der Waals surface area contributed by atoms with Crippen LogP contribution in [-0.4, -0.2) is 71.9 Å². The first-order valence-electron chi connectivity index (χ1n) is 15.3. The summed E-state index contributed by atoms with van der Waals surface area (Å²) in [6.45, 7) is 0.939. The molecule has 3 aromatic rings. The van der Waals surface area contributed by atoms with Gasteiger partial charge in [0.2, 0.25) is 5.91 Å². The molecule has 0 aromatic heterocycles. The van der Waals surface area contributed by atoms with Crippen molar-refractivity contribution in [2.75, 3.05) is 19.7 Å². The van der Waals surface area contributed by atoms with E-state index in [-0.39, 0.29) is 31.0 Å². The largest absolute Gasteiger partial charge is 0.493 e. The molecule has 0 aliphatic carbocycles. The Hall–Kier alpha value is -3.93. The number of carbonyl (C=O) groups is 2. The molecule has 0 saturated carbocycles. The second-order valence-corrected chi connectivity index (χ2v) is 11.9. The van der Waals surface area contributed by atoms with Crippen LogP contribution in [0.3, 0.4) is 0 Å². The number of amides is 2. The van der Waals surface area contributed by atoms with E-state index in [1.54, 1.807) is 6.07 Å². The molecule has 5 atom stereocenters. The number of rotatable bonds is 3. The number of ether oxygens (including phenoxy) is 2. The number of fused-ring (bicyclic) bond motifs is 5. The maximum absolute atomic E-state index is 13.7. The number of aliphatic hydroxyl groups is 1. The maximum Gasteiger partial charge on any atom is 0.416 e. The van der Waals surface area contributed by atoms with E-state index in [2.05, 4.69) is 10.6 Å². The van der Waals surface area contributed by atoms with Crippen molar-refractivity contribution in [3.63, 3.8) is 0 Å². The summed E-state index contributed by atoms with van der Waals surface area (Å²) in [5, 5.41) is 16.6. The minimum atomic E-state index is -4.45. The van der Waals surface area contributed by atoms with Crippen LogP contribution < -0.4 is 15.4 Å². The third kappa shape index (κ3) is 7.32. The molecule has 11 heteroatoms. The molecule has 3 heterocycles. The smallest absolute Gasteiger partial charge is 0.416 e. The number of hydrogen-bond donors (Lipinski definition) is 3. The number of nitrogens with zero attached hydrogens (tertiary/aromatic N) is 1. The molecule has 3 aromatic carbocycles. The highest BCUT2D eigenvalue weighted by Gasteiger charge is 2.39. The van der Waals surface area contributed by atoms with Gasteiger partial charge in [0.05, 0.1) is 36.0 Å². The van der Waals surface area contributed by atoms with Crippen LogP contribution in [0.5, 0.6) is 5.75 Å². The number of nitrogens with one attached hydrogen (secondary N) is 2. The second kappa shape index (κ2) is 13.2. The number of hydrogen-bond acceptors (Lipinski definition) is 6. The van der Waals surface area contributed by atoms with Gasteiger partial charge in [-0.05, 0) is 60.2 Å². The van der Waals surface area contributed by atoms with E-state index in [0.29, 0.717) is 55.7 Å². The van der Waals surface area contributed by atoms with Gasteiger partial charge in [0.15, 0.2) is 0 Å². The van der Waals surface area contributed by atoms with E-state index in [0.717, 1.165) is 23.3 Å². The highest BCUT2D eigenvalue weighted by atomic mass is 19.4. The van der Waals surface area contributed by atoms with E-state index in [1.807, 2.05) is 47.4 Å². The van der Waals surface area contributed by atoms with Crippen LogP contribution in [0.4, 0.5) is 13.2 Å². The van der Waals surface area contributed by atoms with Gasteiger partial charge in [-0.1, -0.05) is 48.5 Å². The normalized spacial score (nSPS) is 26.4. The Balaban J connectivity index is 1.28. The number of likely N-dealkylation sites (tertiary alicyclic amines) is 1. The predicted molar refractivity (Wildman–Crippen MR) is 160 cm³/mol. The fourth-order valence-electron chi connectivity index (χ4n) is 6.36. The summed E-state index contributed by atoms with van der Waals surface area (Å²) >= 11 is 0. The zero-order valence-corrected chi connectivity index (χ0v) is 24.6. The molecule has 45 heavy (non-hydrogen) atoms. The second-order valence-electron chi connectivity index (χ2n) is 11.9. The molecule has 3 aliphatic rings. The van der Waals surface area contributed by atoms with Gasteiger partial charge in [-0.15, -0.1) is 0 Å². The van der Waals surface area contributed by atoms with Crippen LogP contribution in [0, 0.1) is 0 Å². The summed E-state index contributed by atoms with van der Waals surface area (Å²) in [7, 11) is 0. The monoisotopic (exact) mass is 623 g/mol. The van der Waals surface area contributed by atoms with Gasteiger partial charge in [-0.2, -0.15) is 13.2 Å². The molecular formula is C34H36F3N3O5. The van der Waals surface area contributed by atoms with E-state index in [4.69, 9.17) is 9.47 Å². The number of halogens is 3. The summed E-state index contributed by atoms with van der Waals surface area (Å²) in [5.41, 5.74) is 2.10. The molecule has 3 aliphatic heterocycles. The summed E-state index contributed by atoms with van der Waals surface area (Å²) < 4.78 is 51.7. The van der Waals surface area contributed by atoms with E-state index in [9.17, 15) is 27.9 Å². The van der Waals surface area contributed by atoms with Gasteiger partial charge in [0.1, 0.15) is 11.9 Å². The maximum atomic E-state index is 13.7. The predicted octanol–water partition coefficient (Wildman–Crippen LogP) is 4.55. The Bertz CT molecular complexity index is 1500. The van der Waals surface area contributed by atoms with Crippen LogP contribution in [0.15, 0.2) is 72.8 Å². The Morgan fingerprint density at radius 1 is 0.933 bits per heavy atom. The molecule has 4 bridgehead atoms. The lowest BCUT2D eigenvalue weighted by molar-refractivity contribution is -0.137. The third-order valence-corrected chi connectivity index (χ3v) is 8.80. The Morgan fingerprint density at radius 2 is 1.71 bits per heavy atom. The summed E-state index contributed by atoms with van der Waals surface area (Å²) in [4.78, 5) is 29.0. The standard InChI is InChI=1S/C34H36F3N3O5/c35-34(36,37)24-9-6-21(7-10-24)19-40-20-25-17-28(40)33(43)38-18-31-29(41)13-11-26(45-31)14-15-44-30-16-23(22-4-2-1-3-5-22)8-12-27(30)32(42)39-25/h1-10,12,16,25-26,28-29,31,41H,11,13-15,17-20H2,(H,38,43)(H,39,42)/t25-,26-,28-,29-,31+/m0/s1. The van der Waals surface area contributed by atoms with Crippen molar-refractivity contribution in [3.8, 4) is 16.9 Å². The van der Waals surface area contributed by atoms with E-state index >= 15 is 0 Å². The van der Waals surface area contributed by atoms with Gasteiger partial charge in [0.25, 0.3) is 5.91 Å². The first-order chi connectivity index (χ1) is 21.6. The van der Waals surface area contributed by atoms with Crippen molar-refractivity contribution >= 4 is 11.8 Å². The molecule has 8 nitrogen and oxygen atoms in total. The minimum absolute atomic E-state index is 0.113. The SMILES string of the molecule is O=C1N[C@H]2C[C@@H](C(=O)NC[C@H]3O[C@H](CCOc4cc(-c5ccccc5)ccc41)CC[C@@H]3O)N(Cc1ccc(C(F)(F)F)cc1)C2. The van der Waals surface area contributed by atoms with Crippen LogP contribution in [-0.2, 0) is 22.3 Å². The summed E-state index contributed by atoms with van der Waals surface area (Å²) in [6.07, 6.45) is -3.95. The van der Waals surface area contributed by atoms with Crippen molar-refractivity contribution in [2.45, 2.75) is 68.8 Å². The quantitative estimate of drug-likeness (QED) is 0.396. The molecule has 0 spiro atoms. The minimum Gasteiger partial charge on any atom is -0.493 e. The van der Waals surface area contributed by atoms with Crippen LogP contribution in [0.2, 0.25) is 0 Å². The van der Waals surface area contributed by atoms with Crippen molar-refractivity contribution in [1.82, 2.24) is 15.5 Å². The van der Waals surface area contributed by atoms with Gasteiger partial charge in [0, 0.05) is 32.1 Å². The van der Waals surface area contributed by atoms with Crippen LogP contribution in [0.25, 0.3) is 11.1 Å². The average molecular weight is 624 g/mol. The van der Waals surface area contributed by atoms with Crippen LogP contribution in [0.1, 0.15) is 47.2 Å². The summed E-state index contributed by atoms with van der Waals surface area (Å²) in [5.74, 6) is -0.198. The van der Waals surface area contributed by atoms with E-state index < -0.39 is 36.0 Å². The summed E-state index contributed by atoms with van der Waals surface area (Å²) in [6, 6.07) is 19.0. The van der Waals surface area contributed by atoms with Crippen molar-refractivity contribution in [1.29, 1.82) is 0 Å². The first kappa shape index (κ1) is 31.1.